The van der Waals surface area contributed by atoms with Crippen LogP contribution in [0.2, 0.25) is 0 Å². The van der Waals surface area contributed by atoms with Crippen LogP contribution in [0.25, 0.3) is 10.2 Å². The highest BCUT2D eigenvalue weighted by Crippen LogP contribution is 2.28. The maximum absolute atomic E-state index is 12.9. The van der Waals surface area contributed by atoms with E-state index in [9.17, 15) is 18.0 Å². The van der Waals surface area contributed by atoms with Crippen LogP contribution >= 0.6 is 11.3 Å². The Morgan fingerprint density at radius 3 is 2.67 bits per heavy atom. The molecule has 0 aliphatic carbocycles. The summed E-state index contributed by atoms with van der Waals surface area (Å²) in [6, 6.07) is 12.3. The summed E-state index contributed by atoms with van der Waals surface area (Å²) in [5.41, 5.74) is 1.78. The number of nitrogens with two attached hydrogens (primary N) is 1. The molecule has 2 unspecified atom stereocenters. The van der Waals surface area contributed by atoms with E-state index in [-0.39, 0.29) is 17.4 Å². The molecule has 0 aliphatic heterocycles. The molecule has 0 bridgehead atoms. The summed E-state index contributed by atoms with van der Waals surface area (Å²) in [5, 5.41) is 24.9. The van der Waals surface area contributed by atoms with Gasteiger partial charge in [-0.1, -0.05) is 35.5 Å². The quantitative estimate of drug-likeness (QED) is 0.274. The zero-order valence-corrected chi connectivity index (χ0v) is 20.6. The number of hydrogen-bond acceptors (Lipinski definition) is 9. The van der Waals surface area contributed by atoms with Gasteiger partial charge in [0.05, 0.1) is 16.4 Å². The van der Waals surface area contributed by atoms with Crippen LogP contribution in [-0.4, -0.2) is 51.4 Å². The summed E-state index contributed by atoms with van der Waals surface area (Å²) in [4.78, 5) is 28.1. The molecular weight excluding hydrogens is 508 g/mol. The number of nitrogens with zero attached hydrogens (tertiary/aromatic N) is 4. The monoisotopic (exact) mass is 530 g/mol. The lowest BCUT2D eigenvalue weighted by atomic mass is 10.1. The zero-order valence-electron chi connectivity index (χ0n) is 18.9. The summed E-state index contributed by atoms with van der Waals surface area (Å²) < 4.78 is 30.6. The van der Waals surface area contributed by atoms with E-state index in [4.69, 9.17) is 15.0 Å². The second-order valence-electron chi connectivity index (χ2n) is 7.91. The minimum atomic E-state index is -3.90. The zero-order chi connectivity index (χ0) is 25.9. The van der Waals surface area contributed by atoms with Gasteiger partial charge < -0.3 is 15.2 Å². The summed E-state index contributed by atoms with van der Waals surface area (Å²) in [6.07, 6.45) is 1.83. The van der Waals surface area contributed by atoms with Crippen LogP contribution in [0.1, 0.15) is 24.2 Å². The number of carbonyl (C=O) groups is 2. The molecule has 0 saturated heterocycles. The number of aromatic nitrogens is 4. The van der Waals surface area contributed by atoms with E-state index < -0.39 is 34.0 Å². The maximum Gasteiger partial charge on any atom is 0.325 e. The van der Waals surface area contributed by atoms with Crippen molar-refractivity contribution in [3.05, 3.63) is 66.0 Å². The molecule has 0 saturated carbocycles. The molecule has 0 aliphatic rings. The lowest BCUT2D eigenvalue weighted by Gasteiger charge is -2.18. The topological polar surface area (TPSA) is 179 Å². The van der Waals surface area contributed by atoms with Crippen LogP contribution < -0.4 is 15.2 Å². The van der Waals surface area contributed by atoms with Crippen LogP contribution in [-0.2, 0) is 32.6 Å². The molecule has 188 valence electrons. The molecule has 4 rings (SSSR count). The van der Waals surface area contributed by atoms with E-state index in [1.165, 1.54) is 11.6 Å². The molecular formula is C22H22N6O6S2. The summed E-state index contributed by atoms with van der Waals surface area (Å²) in [7, 11) is -3.90. The average Bonchev–Trinajstić information content (AvgIpc) is 3.48. The highest BCUT2D eigenvalue weighted by molar-refractivity contribution is 7.91. The van der Waals surface area contributed by atoms with Crippen LogP contribution in [0.3, 0.4) is 0 Å². The number of nitrogens with one attached hydrogen (secondary N) is 1. The van der Waals surface area contributed by atoms with E-state index in [2.05, 4.69) is 20.6 Å². The molecule has 0 radical (unpaired) electrons. The molecule has 0 spiro atoms. The smallest absolute Gasteiger partial charge is 0.325 e. The van der Waals surface area contributed by atoms with Gasteiger partial charge >= 0.3 is 5.97 Å². The number of fused-ring (bicyclic) bond motifs is 1. The summed E-state index contributed by atoms with van der Waals surface area (Å²) in [6.45, 7) is 1.41. The van der Waals surface area contributed by atoms with Gasteiger partial charge in [0.25, 0.3) is 10.0 Å². The van der Waals surface area contributed by atoms with Crippen molar-refractivity contribution >= 4 is 43.5 Å². The number of amides is 1. The fraction of sp³-hybridized carbons (Fsp3) is 0.227. The number of primary sulfonamides is 1. The fourth-order valence-corrected chi connectivity index (χ4v) is 4.98. The number of sulfonamides is 1. The number of aliphatic carboxylic acids is 1. The van der Waals surface area contributed by atoms with Crippen molar-refractivity contribution in [2.45, 2.75) is 36.4 Å². The standard InChI is InChI=1S/C22H22N6O6S2/c1-13(21(30)31)24-20(29)18(9-14-5-3-2-4-6-14)28-11-15(26-27-28)12-34-16-7-8-17-19(10-16)35-22(25-17)36(23,32)33/h2-8,10-11,13,18H,9,12H2,1H3,(H,24,29)(H,30,31)(H2,23,32,33). The molecule has 2 aromatic carbocycles. The molecule has 2 atom stereocenters. The lowest BCUT2D eigenvalue weighted by molar-refractivity contribution is -0.141. The number of carbonyl (C=O) groups excluding carboxylic acids is 1. The lowest BCUT2D eigenvalue weighted by Crippen LogP contribution is -2.43. The normalized spacial score (nSPS) is 13.3. The highest BCUT2D eigenvalue weighted by Gasteiger charge is 2.26. The van der Waals surface area contributed by atoms with E-state index in [0.717, 1.165) is 16.9 Å². The SMILES string of the molecule is CC(NC(=O)C(Cc1ccccc1)n1cc(COc2ccc3nc(S(N)(=O)=O)sc3c2)nn1)C(=O)O. The minimum Gasteiger partial charge on any atom is -0.487 e. The Labute approximate surface area is 209 Å². The maximum atomic E-state index is 12.9. The van der Waals surface area contributed by atoms with Crippen molar-refractivity contribution in [3.8, 4) is 5.75 Å². The Morgan fingerprint density at radius 2 is 1.97 bits per heavy atom. The Bertz CT molecular complexity index is 1500. The number of thiazole rings is 1. The summed E-state index contributed by atoms with van der Waals surface area (Å²) >= 11 is 0.937. The third-order valence-electron chi connectivity index (χ3n) is 5.15. The first-order valence-corrected chi connectivity index (χ1v) is 13.0. The molecule has 12 nitrogen and oxygen atoms in total. The van der Waals surface area contributed by atoms with Crippen LogP contribution in [0.4, 0.5) is 0 Å². The molecule has 2 heterocycles. The molecule has 0 fully saturated rings. The third kappa shape index (κ3) is 6.02. The first-order chi connectivity index (χ1) is 17.1. The van der Waals surface area contributed by atoms with E-state index in [1.54, 1.807) is 24.4 Å². The van der Waals surface area contributed by atoms with Gasteiger partial charge in [-0.15, -0.1) is 16.4 Å². The van der Waals surface area contributed by atoms with Gasteiger partial charge in [0.2, 0.25) is 10.2 Å². The van der Waals surface area contributed by atoms with E-state index in [1.807, 2.05) is 30.3 Å². The number of carboxylic acids is 1. The van der Waals surface area contributed by atoms with Gasteiger partial charge in [-0.05, 0) is 30.7 Å². The Balaban J connectivity index is 1.50. The predicted molar refractivity (Wildman–Crippen MR) is 130 cm³/mol. The van der Waals surface area contributed by atoms with Gasteiger partial charge in [0.1, 0.15) is 30.1 Å². The van der Waals surface area contributed by atoms with Gasteiger partial charge in [-0.2, -0.15) is 0 Å². The van der Waals surface area contributed by atoms with Crippen molar-refractivity contribution in [3.63, 3.8) is 0 Å². The first kappa shape index (κ1) is 25.2. The van der Waals surface area contributed by atoms with Crippen molar-refractivity contribution in [1.29, 1.82) is 0 Å². The number of rotatable bonds is 10. The van der Waals surface area contributed by atoms with Crippen LogP contribution in [0, 0.1) is 0 Å². The highest BCUT2D eigenvalue weighted by atomic mass is 32.2. The molecule has 4 aromatic rings. The summed E-state index contributed by atoms with van der Waals surface area (Å²) in [5.74, 6) is -1.20. The second-order valence-corrected chi connectivity index (χ2v) is 10.7. The predicted octanol–water partition coefficient (Wildman–Crippen LogP) is 1.49. The van der Waals surface area contributed by atoms with Crippen LogP contribution in [0.5, 0.6) is 5.75 Å². The van der Waals surface area contributed by atoms with Gasteiger partial charge in [0, 0.05) is 6.42 Å². The number of benzene rings is 2. The largest absolute Gasteiger partial charge is 0.487 e. The van der Waals surface area contributed by atoms with Gasteiger partial charge in [0.15, 0.2) is 0 Å². The minimum absolute atomic E-state index is 0.0254. The molecule has 36 heavy (non-hydrogen) atoms. The number of carboxylic acid groups (broad SMARTS) is 1. The molecule has 4 N–H and O–H groups in total. The fourth-order valence-electron chi connectivity index (χ4n) is 3.30. The first-order valence-electron chi connectivity index (χ1n) is 10.6. The van der Waals surface area contributed by atoms with E-state index in [0.29, 0.717) is 21.7 Å². The van der Waals surface area contributed by atoms with Crippen molar-refractivity contribution < 1.29 is 27.9 Å². The van der Waals surface area contributed by atoms with Crippen LogP contribution in [0.15, 0.2) is 59.1 Å². The van der Waals surface area contributed by atoms with Crippen molar-refractivity contribution in [1.82, 2.24) is 25.3 Å². The van der Waals surface area contributed by atoms with Gasteiger partial charge in [-0.25, -0.2) is 23.2 Å². The Morgan fingerprint density at radius 1 is 1.22 bits per heavy atom. The number of ether oxygens (including phenoxy) is 1. The third-order valence-corrected chi connectivity index (χ3v) is 7.49. The Kier molecular flexibility index (Phi) is 7.28. The molecule has 14 heteroatoms. The van der Waals surface area contributed by atoms with E-state index >= 15 is 0 Å². The van der Waals surface area contributed by atoms with Crippen molar-refractivity contribution in [2.75, 3.05) is 0 Å². The second kappa shape index (κ2) is 10.4. The van der Waals surface area contributed by atoms with Crippen molar-refractivity contribution in [2.24, 2.45) is 5.14 Å². The molecule has 1 amide bonds. The number of hydrogen-bond donors (Lipinski definition) is 3. The average molecular weight is 531 g/mol. The van der Waals surface area contributed by atoms with Gasteiger partial charge in [-0.3, -0.25) is 9.59 Å². The Hall–Kier alpha value is -3.88. The molecule has 2 aromatic heterocycles.